The van der Waals surface area contributed by atoms with Gasteiger partial charge in [0.25, 0.3) is 0 Å². The van der Waals surface area contributed by atoms with Crippen LogP contribution in [0.15, 0.2) is 0 Å². The van der Waals surface area contributed by atoms with Gasteiger partial charge in [-0.05, 0) is 0 Å². The Morgan fingerprint density at radius 3 is 2.80 bits per heavy atom. The van der Waals surface area contributed by atoms with E-state index in [0.717, 1.165) is 0 Å². The number of ether oxygens (including phenoxy) is 2. The molecule has 3 heteroatoms. The average molecular weight is 139 g/mol. The van der Waals surface area contributed by atoms with Crippen LogP contribution in [0, 0.1) is 23.7 Å². The lowest BCUT2D eigenvalue weighted by molar-refractivity contribution is 0.0507. The number of terminal acetylenes is 1. The molecule has 10 heavy (non-hydrogen) atoms. The van der Waals surface area contributed by atoms with E-state index < -0.39 is 0 Å². The molecule has 0 aromatic rings. The lowest BCUT2D eigenvalue weighted by Gasteiger charge is -2.05. The SMILES string of the molecule is C#CC(COCC#N)OC. The van der Waals surface area contributed by atoms with Gasteiger partial charge in [0.15, 0.2) is 0 Å². The number of methoxy groups -OCH3 is 1. The smallest absolute Gasteiger partial charge is 0.140 e. The third-order valence-electron chi connectivity index (χ3n) is 0.906. The zero-order chi connectivity index (χ0) is 7.82. The highest BCUT2D eigenvalue weighted by Crippen LogP contribution is 1.87. The van der Waals surface area contributed by atoms with Gasteiger partial charge in [-0.1, -0.05) is 5.92 Å². The predicted octanol–water partition coefficient (Wildman–Crippen LogP) is 0.175. The maximum absolute atomic E-state index is 8.06. The summed E-state index contributed by atoms with van der Waals surface area (Å²) in [7, 11) is 1.50. The third kappa shape index (κ3) is 3.91. The number of hydrogen-bond donors (Lipinski definition) is 0. The van der Waals surface area contributed by atoms with Gasteiger partial charge < -0.3 is 9.47 Å². The monoisotopic (exact) mass is 139 g/mol. The first-order valence-electron chi connectivity index (χ1n) is 2.78. The topological polar surface area (TPSA) is 42.2 Å². The van der Waals surface area contributed by atoms with Gasteiger partial charge in [0.1, 0.15) is 12.7 Å². The fraction of sp³-hybridized carbons (Fsp3) is 0.571. The molecule has 0 aromatic carbocycles. The molecule has 0 fully saturated rings. The van der Waals surface area contributed by atoms with E-state index in [9.17, 15) is 0 Å². The number of nitrogens with zero attached hydrogens (tertiary/aromatic N) is 1. The molecular formula is C7H9NO2. The van der Waals surface area contributed by atoms with Crippen LogP contribution in [0.2, 0.25) is 0 Å². The maximum atomic E-state index is 8.06. The average Bonchev–Trinajstić information content (AvgIpc) is 1.99. The summed E-state index contributed by atoms with van der Waals surface area (Å²) < 4.78 is 9.57. The Hall–Kier alpha value is -1.03. The van der Waals surface area contributed by atoms with Crippen molar-refractivity contribution in [2.45, 2.75) is 6.10 Å². The summed E-state index contributed by atoms with van der Waals surface area (Å²) in [6, 6.07) is 1.82. The van der Waals surface area contributed by atoms with Gasteiger partial charge >= 0.3 is 0 Å². The zero-order valence-electron chi connectivity index (χ0n) is 5.83. The van der Waals surface area contributed by atoms with Crippen LogP contribution in [0.4, 0.5) is 0 Å². The van der Waals surface area contributed by atoms with E-state index in [1.54, 1.807) is 0 Å². The van der Waals surface area contributed by atoms with Crippen molar-refractivity contribution >= 4 is 0 Å². The van der Waals surface area contributed by atoms with E-state index in [4.69, 9.17) is 21.2 Å². The summed E-state index contributed by atoms with van der Waals surface area (Å²) >= 11 is 0. The summed E-state index contributed by atoms with van der Waals surface area (Å²) in [4.78, 5) is 0. The molecule has 0 spiro atoms. The van der Waals surface area contributed by atoms with Crippen LogP contribution in [0.5, 0.6) is 0 Å². The van der Waals surface area contributed by atoms with Gasteiger partial charge in [-0.15, -0.1) is 6.42 Å². The second-order valence-electron chi connectivity index (χ2n) is 1.56. The molecule has 1 atom stereocenters. The highest BCUT2D eigenvalue weighted by atomic mass is 16.5. The Kier molecular flexibility index (Phi) is 5.47. The summed E-state index contributed by atoms with van der Waals surface area (Å²) in [6.45, 7) is 0.335. The van der Waals surface area contributed by atoms with Crippen molar-refractivity contribution in [1.82, 2.24) is 0 Å². The minimum absolute atomic E-state index is 0.0571. The van der Waals surface area contributed by atoms with Crippen LogP contribution in [-0.4, -0.2) is 26.4 Å². The van der Waals surface area contributed by atoms with Crippen molar-refractivity contribution in [3.8, 4) is 18.4 Å². The molecule has 0 radical (unpaired) electrons. The van der Waals surface area contributed by atoms with Gasteiger partial charge in [0.05, 0.1) is 12.7 Å². The van der Waals surface area contributed by atoms with Crippen molar-refractivity contribution < 1.29 is 9.47 Å². The second-order valence-corrected chi connectivity index (χ2v) is 1.56. The Balaban J connectivity index is 3.30. The minimum atomic E-state index is -0.339. The van der Waals surface area contributed by atoms with Crippen LogP contribution in [0.1, 0.15) is 0 Å². The largest absolute Gasteiger partial charge is 0.366 e. The molecule has 0 rings (SSSR count). The molecule has 0 aromatic heterocycles. The maximum Gasteiger partial charge on any atom is 0.140 e. The lowest BCUT2D eigenvalue weighted by atomic mass is 10.4. The van der Waals surface area contributed by atoms with Crippen LogP contribution >= 0.6 is 0 Å². The highest BCUT2D eigenvalue weighted by molar-refractivity contribution is 4.94. The first-order chi connectivity index (χ1) is 4.85. The quantitative estimate of drug-likeness (QED) is 0.412. The first kappa shape index (κ1) is 8.97. The van der Waals surface area contributed by atoms with Gasteiger partial charge in [-0.25, -0.2) is 0 Å². The fourth-order valence-electron chi connectivity index (χ4n) is 0.396. The van der Waals surface area contributed by atoms with Crippen LogP contribution in [-0.2, 0) is 9.47 Å². The van der Waals surface area contributed by atoms with Crippen LogP contribution in [0.3, 0.4) is 0 Å². The summed E-state index contributed by atoms with van der Waals surface area (Å²) in [6.07, 6.45) is 4.69. The van der Waals surface area contributed by atoms with Crippen molar-refractivity contribution in [1.29, 1.82) is 5.26 Å². The molecule has 0 amide bonds. The Morgan fingerprint density at radius 2 is 2.40 bits per heavy atom. The molecule has 0 bridgehead atoms. The molecule has 0 saturated carbocycles. The van der Waals surface area contributed by atoms with Crippen molar-refractivity contribution in [2.75, 3.05) is 20.3 Å². The first-order valence-corrected chi connectivity index (χ1v) is 2.78. The molecule has 0 aliphatic rings. The fourth-order valence-corrected chi connectivity index (χ4v) is 0.396. The molecule has 0 saturated heterocycles. The van der Waals surface area contributed by atoms with E-state index in [0.29, 0.717) is 0 Å². The van der Waals surface area contributed by atoms with Crippen molar-refractivity contribution in [3.05, 3.63) is 0 Å². The van der Waals surface area contributed by atoms with Gasteiger partial charge in [0, 0.05) is 7.11 Å². The molecule has 3 nitrogen and oxygen atoms in total. The zero-order valence-corrected chi connectivity index (χ0v) is 5.83. The van der Waals surface area contributed by atoms with E-state index in [-0.39, 0.29) is 19.3 Å². The molecule has 0 heterocycles. The summed E-state index contributed by atoms with van der Waals surface area (Å²) in [5.74, 6) is 2.35. The number of hydrogen-bond acceptors (Lipinski definition) is 3. The van der Waals surface area contributed by atoms with E-state index in [1.165, 1.54) is 7.11 Å². The van der Waals surface area contributed by atoms with E-state index in [2.05, 4.69) is 5.92 Å². The molecule has 0 aliphatic carbocycles. The molecule has 54 valence electrons. The number of rotatable bonds is 4. The summed E-state index contributed by atoms with van der Waals surface area (Å²) in [5, 5.41) is 8.06. The molecule has 0 N–H and O–H groups in total. The second kappa shape index (κ2) is 6.10. The van der Waals surface area contributed by atoms with Gasteiger partial charge in [0.2, 0.25) is 0 Å². The van der Waals surface area contributed by atoms with E-state index in [1.807, 2.05) is 6.07 Å². The molecule has 0 aliphatic heterocycles. The Bertz CT molecular complexity index is 154. The van der Waals surface area contributed by atoms with Crippen molar-refractivity contribution in [2.24, 2.45) is 0 Å². The predicted molar refractivity (Wildman–Crippen MR) is 36.1 cm³/mol. The van der Waals surface area contributed by atoms with Gasteiger partial charge in [-0.2, -0.15) is 5.26 Å². The highest BCUT2D eigenvalue weighted by Gasteiger charge is 2.00. The normalized spacial score (nSPS) is 11.5. The van der Waals surface area contributed by atoms with Gasteiger partial charge in [-0.3, -0.25) is 0 Å². The number of nitriles is 1. The van der Waals surface area contributed by atoms with Crippen molar-refractivity contribution in [3.63, 3.8) is 0 Å². The Morgan fingerprint density at radius 1 is 1.70 bits per heavy atom. The van der Waals surface area contributed by atoms with E-state index >= 15 is 0 Å². The van der Waals surface area contributed by atoms with Crippen LogP contribution < -0.4 is 0 Å². The Labute approximate surface area is 60.5 Å². The van der Waals surface area contributed by atoms with Crippen LogP contribution in [0.25, 0.3) is 0 Å². The third-order valence-corrected chi connectivity index (χ3v) is 0.906. The standard InChI is InChI=1S/C7H9NO2/c1-3-7(9-2)6-10-5-4-8/h1,7H,5-6H2,2H3. The summed E-state index contributed by atoms with van der Waals surface area (Å²) in [5.41, 5.74) is 0. The molecule has 1 unspecified atom stereocenters. The lowest BCUT2D eigenvalue weighted by Crippen LogP contribution is -2.15. The minimum Gasteiger partial charge on any atom is -0.366 e. The molecular weight excluding hydrogens is 130 g/mol.